The van der Waals surface area contributed by atoms with E-state index < -0.39 is 23.6 Å². The minimum atomic E-state index is -1.24. The molecule has 0 aromatic heterocycles. The number of carbonyl (C=O) groups is 2. The molecule has 0 saturated heterocycles. The smallest absolute Gasteiger partial charge is 0.408 e. The van der Waals surface area contributed by atoms with E-state index in [1.165, 1.54) is 0 Å². The van der Waals surface area contributed by atoms with Gasteiger partial charge in [-0.3, -0.25) is 4.79 Å². The highest BCUT2D eigenvalue weighted by molar-refractivity contribution is 5.84. The molecule has 2 aromatic rings. The Morgan fingerprint density at radius 2 is 1.72 bits per heavy atom. The number of carbonyl (C=O) groups excluding carboxylic acids is 2. The Morgan fingerprint density at radius 3 is 2.31 bits per heavy atom. The molecule has 1 aliphatic carbocycles. The van der Waals surface area contributed by atoms with Gasteiger partial charge in [0, 0.05) is 6.54 Å². The van der Waals surface area contributed by atoms with Crippen LogP contribution in [0.25, 0.3) is 0 Å². The molecule has 0 heterocycles. The van der Waals surface area contributed by atoms with Crippen molar-refractivity contribution >= 4 is 12.0 Å². The number of hydrogen-bond donors (Lipinski definition) is 2. The maximum Gasteiger partial charge on any atom is 0.408 e. The number of alkyl carbamates (subject to hydrolysis) is 1. The first-order valence-electron chi connectivity index (χ1n) is 10.8. The molecule has 0 spiro atoms. The average Bonchev–Trinajstić information content (AvgIpc) is 3.63. The molecular weight excluding hydrogens is 406 g/mol. The first-order valence-corrected chi connectivity index (χ1v) is 10.8. The Morgan fingerprint density at radius 1 is 1.09 bits per heavy atom. The van der Waals surface area contributed by atoms with Gasteiger partial charge in [0.15, 0.2) is 6.10 Å². The zero-order chi connectivity index (χ0) is 22.8. The van der Waals surface area contributed by atoms with E-state index in [1.54, 1.807) is 6.92 Å². The normalized spacial score (nSPS) is 15.6. The van der Waals surface area contributed by atoms with Crippen molar-refractivity contribution in [2.75, 3.05) is 6.61 Å². The van der Waals surface area contributed by atoms with Crippen LogP contribution in [0.15, 0.2) is 60.7 Å². The van der Waals surface area contributed by atoms with Gasteiger partial charge in [0.05, 0.1) is 19.3 Å². The van der Waals surface area contributed by atoms with Crippen molar-refractivity contribution in [2.24, 2.45) is 5.92 Å². The van der Waals surface area contributed by atoms with Gasteiger partial charge in [0.1, 0.15) is 5.54 Å². The third kappa shape index (κ3) is 7.71. The van der Waals surface area contributed by atoms with Crippen molar-refractivity contribution in [3.63, 3.8) is 0 Å². The van der Waals surface area contributed by atoms with Crippen LogP contribution >= 0.6 is 0 Å². The second-order valence-corrected chi connectivity index (χ2v) is 8.32. The van der Waals surface area contributed by atoms with E-state index in [9.17, 15) is 14.9 Å². The summed E-state index contributed by atoms with van der Waals surface area (Å²) < 4.78 is 11.1. The Labute approximate surface area is 188 Å². The van der Waals surface area contributed by atoms with Crippen LogP contribution in [0.4, 0.5) is 4.79 Å². The molecular formula is C25H29N3O4. The van der Waals surface area contributed by atoms with Gasteiger partial charge in [0.25, 0.3) is 5.91 Å². The molecule has 2 unspecified atom stereocenters. The number of nitriles is 1. The van der Waals surface area contributed by atoms with Crippen LogP contribution in [0.3, 0.4) is 0 Å². The molecule has 2 amide bonds. The summed E-state index contributed by atoms with van der Waals surface area (Å²) in [4.78, 5) is 25.2. The van der Waals surface area contributed by atoms with Crippen LogP contribution in [-0.2, 0) is 27.4 Å². The van der Waals surface area contributed by atoms with E-state index in [2.05, 4.69) is 16.7 Å². The fourth-order valence-electron chi connectivity index (χ4n) is 3.20. The lowest BCUT2D eigenvalue weighted by Crippen LogP contribution is -2.53. The fraction of sp³-hybridized carbons (Fsp3) is 0.400. The van der Waals surface area contributed by atoms with Crippen molar-refractivity contribution in [1.29, 1.82) is 5.26 Å². The van der Waals surface area contributed by atoms with Crippen molar-refractivity contribution in [3.8, 4) is 6.07 Å². The van der Waals surface area contributed by atoms with E-state index in [0.717, 1.165) is 24.0 Å². The minimum absolute atomic E-state index is 0.0144. The Hall–Kier alpha value is -3.37. The van der Waals surface area contributed by atoms with Gasteiger partial charge in [-0.15, -0.1) is 0 Å². The summed E-state index contributed by atoms with van der Waals surface area (Å²) in [6, 6.07) is 21.1. The number of amides is 2. The molecule has 7 heteroatoms. The minimum Gasteiger partial charge on any atom is -0.436 e. The lowest BCUT2D eigenvalue weighted by Gasteiger charge is -2.26. The summed E-state index contributed by atoms with van der Waals surface area (Å²) in [5.41, 5.74) is 0.668. The Bertz CT molecular complexity index is 925. The second-order valence-electron chi connectivity index (χ2n) is 8.32. The highest BCUT2D eigenvalue weighted by Gasteiger charge is 2.36. The average molecular weight is 436 g/mol. The van der Waals surface area contributed by atoms with Gasteiger partial charge in [-0.1, -0.05) is 73.5 Å². The maximum atomic E-state index is 12.9. The standard InChI is InChI=1S/C25H29N3O4/c1-25(17-26,18-31-16-21-10-6-3-7-11-21)28-23(29)22(14-19-12-13-19)32-24(30)27-15-20-8-4-2-5-9-20/h2-11,19,22H,12-16,18H2,1H3,(H,27,30)(H,28,29). The molecule has 2 N–H and O–H groups in total. The molecule has 0 bridgehead atoms. The third-order valence-electron chi connectivity index (χ3n) is 5.21. The highest BCUT2D eigenvalue weighted by Crippen LogP contribution is 2.34. The molecule has 1 fully saturated rings. The van der Waals surface area contributed by atoms with Gasteiger partial charge < -0.3 is 20.1 Å². The summed E-state index contributed by atoms with van der Waals surface area (Å²) in [7, 11) is 0. The van der Waals surface area contributed by atoms with Gasteiger partial charge >= 0.3 is 6.09 Å². The van der Waals surface area contributed by atoms with E-state index in [4.69, 9.17) is 9.47 Å². The molecule has 1 aliphatic rings. The monoisotopic (exact) mass is 435 g/mol. The van der Waals surface area contributed by atoms with Crippen molar-refractivity contribution in [2.45, 2.75) is 51.0 Å². The molecule has 7 nitrogen and oxygen atoms in total. The number of hydrogen-bond acceptors (Lipinski definition) is 5. The molecule has 0 aliphatic heterocycles. The topological polar surface area (TPSA) is 100 Å². The van der Waals surface area contributed by atoms with Crippen molar-refractivity contribution in [3.05, 3.63) is 71.8 Å². The summed E-state index contributed by atoms with van der Waals surface area (Å²) in [6.07, 6.45) is 0.841. The van der Waals surface area contributed by atoms with Crippen LogP contribution in [-0.4, -0.2) is 30.3 Å². The third-order valence-corrected chi connectivity index (χ3v) is 5.21. The lowest BCUT2D eigenvalue weighted by molar-refractivity contribution is -0.132. The van der Waals surface area contributed by atoms with Gasteiger partial charge in [-0.05, 0) is 30.4 Å². The van der Waals surface area contributed by atoms with Gasteiger partial charge in [-0.25, -0.2) is 4.79 Å². The van der Waals surface area contributed by atoms with E-state index in [0.29, 0.717) is 25.5 Å². The largest absolute Gasteiger partial charge is 0.436 e. The second kappa shape index (κ2) is 11.3. The molecule has 0 radical (unpaired) electrons. The molecule has 1 saturated carbocycles. The molecule has 3 rings (SSSR count). The maximum absolute atomic E-state index is 12.9. The van der Waals surface area contributed by atoms with Crippen molar-refractivity contribution in [1.82, 2.24) is 10.6 Å². The number of nitrogens with zero attached hydrogens (tertiary/aromatic N) is 1. The summed E-state index contributed by atoms with van der Waals surface area (Å²) in [5, 5.41) is 15.0. The summed E-state index contributed by atoms with van der Waals surface area (Å²) in [5.74, 6) is -0.130. The zero-order valence-electron chi connectivity index (χ0n) is 18.3. The Balaban J connectivity index is 1.52. The van der Waals surface area contributed by atoms with Gasteiger partial charge in [-0.2, -0.15) is 5.26 Å². The van der Waals surface area contributed by atoms with Crippen LogP contribution < -0.4 is 10.6 Å². The summed E-state index contributed by atoms with van der Waals surface area (Å²) in [6.45, 7) is 2.25. The Kier molecular flexibility index (Phi) is 8.23. The number of rotatable bonds is 11. The predicted molar refractivity (Wildman–Crippen MR) is 119 cm³/mol. The van der Waals surface area contributed by atoms with E-state index in [-0.39, 0.29) is 6.61 Å². The molecule has 168 valence electrons. The number of nitrogens with one attached hydrogen (secondary N) is 2. The number of benzene rings is 2. The van der Waals surface area contributed by atoms with Crippen LogP contribution in [0, 0.1) is 17.2 Å². The summed E-state index contributed by atoms with van der Waals surface area (Å²) >= 11 is 0. The van der Waals surface area contributed by atoms with Crippen LogP contribution in [0.5, 0.6) is 0 Å². The number of ether oxygens (including phenoxy) is 2. The van der Waals surface area contributed by atoms with Crippen molar-refractivity contribution < 1.29 is 19.1 Å². The predicted octanol–water partition coefficient (Wildman–Crippen LogP) is 3.70. The highest BCUT2D eigenvalue weighted by atomic mass is 16.6. The first kappa shape index (κ1) is 23.3. The molecule has 32 heavy (non-hydrogen) atoms. The van der Waals surface area contributed by atoms with Gasteiger partial charge in [0.2, 0.25) is 0 Å². The van der Waals surface area contributed by atoms with E-state index in [1.807, 2.05) is 60.7 Å². The van der Waals surface area contributed by atoms with E-state index >= 15 is 0 Å². The quantitative estimate of drug-likeness (QED) is 0.561. The fourth-order valence-corrected chi connectivity index (χ4v) is 3.20. The van der Waals surface area contributed by atoms with Crippen LogP contribution in [0.1, 0.15) is 37.3 Å². The lowest BCUT2D eigenvalue weighted by atomic mass is 10.0. The zero-order valence-corrected chi connectivity index (χ0v) is 18.3. The molecule has 2 atom stereocenters. The molecule has 2 aromatic carbocycles. The SMILES string of the molecule is CC(C#N)(COCc1ccccc1)NC(=O)C(CC1CC1)OC(=O)NCc1ccccc1. The van der Waals surface area contributed by atoms with Crippen LogP contribution in [0.2, 0.25) is 0 Å². The first-order chi connectivity index (χ1) is 15.5.